The van der Waals surface area contributed by atoms with Gasteiger partial charge in [0.1, 0.15) is 11.6 Å². The zero-order valence-corrected chi connectivity index (χ0v) is 15.0. The number of anilines is 2. The second-order valence-electron chi connectivity index (χ2n) is 6.04. The van der Waals surface area contributed by atoms with Crippen molar-refractivity contribution in [1.82, 2.24) is 24.7 Å². The molecule has 3 N–H and O–H groups in total. The maximum Gasteiger partial charge on any atom is 0.225 e. The topological polar surface area (TPSA) is 104 Å². The highest BCUT2D eigenvalue weighted by atomic mass is 16.5. The number of benzene rings is 1. The Bertz CT molecular complexity index is 1090. The van der Waals surface area contributed by atoms with Crippen LogP contribution in [0.5, 0.6) is 5.75 Å². The largest absolute Gasteiger partial charge is 0.497 e. The van der Waals surface area contributed by atoms with Gasteiger partial charge in [0.2, 0.25) is 5.95 Å². The van der Waals surface area contributed by atoms with Crippen molar-refractivity contribution in [3.8, 4) is 17.0 Å². The molecule has 136 valence electrons. The second kappa shape index (κ2) is 6.91. The number of hydrogen-bond acceptors (Lipinski definition) is 7. The lowest BCUT2D eigenvalue weighted by Gasteiger charge is -2.09. The SMILES string of the molecule is COc1cccc(-c2nc(NCc3ccncc3)nc3nn(C)c(N)c23)c1. The van der Waals surface area contributed by atoms with Crippen LogP contribution in [0.15, 0.2) is 48.8 Å². The van der Waals surface area contributed by atoms with Gasteiger partial charge in [-0.2, -0.15) is 10.1 Å². The van der Waals surface area contributed by atoms with Crippen LogP contribution in [0.1, 0.15) is 5.56 Å². The van der Waals surface area contributed by atoms with Gasteiger partial charge in [-0.1, -0.05) is 12.1 Å². The molecule has 8 heteroatoms. The number of nitrogens with two attached hydrogens (primary N) is 1. The molecular formula is C19H19N7O. The van der Waals surface area contributed by atoms with Crippen LogP contribution in [0, 0.1) is 0 Å². The van der Waals surface area contributed by atoms with Crippen molar-refractivity contribution >= 4 is 22.8 Å². The normalized spacial score (nSPS) is 10.9. The molecule has 27 heavy (non-hydrogen) atoms. The molecule has 0 atom stereocenters. The molecule has 0 spiro atoms. The molecule has 0 saturated carbocycles. The summed E-state index contributed by atoms with van der Waals surface area (Å²) in [7, 11) is 3.42. The van der Waals surface area contributed by atoms with E-state index < -0.39 is 0 Å². The fourth-order valence-corrected chi connectivity index (χ4v) is 2.85. The van der Waals surface area contributed by atoms with Crippen LogP contribution in [0.3, 0.4) is 0 Å². The van der Waals surface area contributed by atoms with Gasteiger partial charge in [0, 0.05) is 31.5 Å². The molecule has 0 aliphatic rings. The predicted octanol–water partition coefficient (Wildman–Crippen LogP) is 2.63. The summed E-state index contributed by atoms with van der Waals surface area (Å²) in [5.41, 5.74) is 9.44. The molecular weight excluding hydrogens is 342 g/mol. The lowest BCUT2D eigenvalue weighted by molar-refractivity contribution is 0.415. The van der Waals surface area contributed by atoms with E-state index in [0.29, 0.717) is 29.7 Å². The Morgan fingerprint density at radius 1 is 1.15 bits per heavy atom. The van der Waals surface area contributed by atoms with Gasteiger partial charge in [-0.05, 0) is 29.8 Å². The van der Waals surface area contributed by atoms with E-state index in [1.807, 2.05) is 36.4 Å². The van der Waals surface area contributed by atoms with E-state index in [1.54, 1.807) is 31.2 Å². The smallest absolute Gasteiger partial charge is 0.225 e. The van der Waals surface area contributed by atoms with Crippen molar-refractivity contribution in [2.75, 3.05) is 18.2 Å². The monoisotopic (exact) mass is 361 g/mol. The number of fused-ring (bicyclic) bond motifs is 1. The molecule has 4 rings (SSSR count). The summed E-state index contributed by atoms with van der Waals surface area (Å²) in [6, 6.07) is 11.6. The lowest BCUT2D eigenvalue weighted by Crippen LogP contribution is -2.05. The van der Waals surface area contributed by atoms with Gasteiger partial charge in [0.25, 0.3) is 0 Å². The minimum absolute atomic E-state index is 0.482. The van der Waals surface area contributed by atoms with Crippen LogP contribution in [0.4, 0.5) is 11.8 Å². The van der Waals surface area contributed by atoms with Crippen molar-refractivity contribution in [3.63, 3.8) is 0 Å². The number of nitrogens with one attached hydrogen (secondary N) is 1. The summed E-state index contributed by atoms with van der Waals surface area (Å²) in [6.45, 7) is 0.577. The number of methoxy groups -OCH3 is 1. The molecule has 0 saturated heterocycles. The van der Waals surface area contributed by atoms with Crippen LogP contribution in [-0.2, 0) is 13.6 Å². The first-order valence-electron chi connectivity index (χ1n) is 8.43. The molecule has 0 aliphatic heterocycles. The average molecular weight is 361 g/mol. The van der Waals surface area contributed by atoms with Gasteiger partial charge in [-0.25, -0.2) is 4.98 Å². The number of hydrogen-bond donors (Lipinski definition) is 2. The highest BCUT2D eigenvalue weighted by Crippen LogP contribution is 2.32. The summed E-state index contributed by atoms with van der Waals surface area (Å²) in [6.07, 6.45) is 3.50. The molecule has 3 heterocycles. The van der Waals surface area contributed by atoms with E-state index in [0.717, 1.165) is 22.3 Å². The average Bonchev–Trinajstić information content (AvgIpc) is 3.00. The molecule has 0 amide bonds. The van der Waals surface area contributed by atoms with Crippen molar-refractivity contribution in [3.05, 3.63) is 54.4 Å². The van der Waals surface area contributed by atoms with Crippen LogP contribution in [0.2, 0.25) is 0 Å². The zero-order chi connectivity index (χ0) is 18.8. The first kappa shape index (κ1) is 16.8. The van der Waals surface area contributed by atoms with E-state index in [9.17, 15) is 0 Å². The fourth-order valence-electron chi connectivity index (χ4n) is 2.85. The number of ether oxygens (including phenoxy) is 1. The summed E-state index contributed by atoms with van der Waals surface area (Å²) in [4.78, 5) is 13.3. The predicted molar refractivity (Wildman–Crippen MR) is 104 cm³/mol. The minimum atomic E-state index is 0.482. The Morgan fingerprint density at radius 2 is 1.96 bits per heavy atom. The van der Waals surface area contributed by atoms with E-state index in [2.05, 4.69) is 20.4 Å². The third kappa shape index (κ3) is 3.24. The Balaban J connectivity index is 1.80. The summed E-state index contributed by atoms with van der Waals surface area (Å²) in [5.74, 6) is 1.74. The lowest BCUT2D eigenvalue weighted by atomic mass is 10.1. The number of nitrogen functional groups attached to an aromatic ring is 1. The number of aryl methyl sites for hydroxylation is 1. The van der Waals surface area contributed by atoms with E-state index in [-0.39, 0.29) is 0 Å². The third-order valence-electron chi connectivity index (χ3n) is 4.28. The third-order valence-corrected chi connectivity index (χ3v) is 4.28. The van der Waals surface area contributed by atoms with Gasteiger partial charge < -0.3 is 15.8 Å². The zero-order valence-electron chi connectivity index (χ0n) is 15.0. The van der Waals surface area contributed by atoms with Crippen molar-refractivity contribution < 1.29 is 4.74 Å². The fraction of sp³-hybridized carbons (Fsp3) is 0.158. The molecule has 0 radical (unpaired) electrons. The maximum atomic E-state index is 6.22. The number of nitrogens with zero attached hydrogens (tertiary/aromatic N) is 5. The standard InChI is InChI=1S/C19H19N7O/c1-26-17(20)15-16(13-4-3-5-14(10-13)27-2)23-19(24-18(15)25-26)22-11-12-6-8-21-9-7-12/h3-10H,11,20H2,1-2H3,(H,22,24,25). The maximum absolute atomic E-state index is 6.22. The van der Waals surface area contributed by atoms with Gasteiger partial charge in [-0.15, -0.1) is 0 Å². The van der Waals surface area contributed by atoms with E-state index in [1.165, 1.54) is 0 Å². The summed E-state index contributed by atoms with van der Waals surface area (Å²) in [5, 5.41) is 8.39. The molecule has 3 aromatic heterocycles. The molecule has 0 aliphatic carbocycles. The second-order valence-corrected chi connectivity index (χ2v) is 6.04. The summed E-state index contributed by atoms with van der Waals surface area (Å²) >= 11 is 0. The Kier molecular flexibility index (Phi) is 4.29. The quantitative estimate of drug-likeness (QED) is 0.563. The minimum Gasteiger partial charge on any atom is -0.497 e. The molecule has 4 aromatic rings. The van der Waals surface area contributed by atoms with E-state index >= 15 is 0 Å². The Labute approximate surface area is 156 Å². The van der Waals surface area contributed by atoms with Crippen LogP contribution in [-0.4, -0.2) is 31.8 Å². The van der Waals surface area contributed by atoms with Crippen LogP contribution < -0.4 is 15.8 Å². The van der Waals surface area contributed by atoms with Gasteiger partial charge >= 0.3 is 0 Å². The molecule has 8 nitrogen and oxygen atoms in total. The Hall–Kier alpha value is -3.68. The number of pyridine rings is 1. The highest BCUT2D eigenvalue weighted by Gasteiger charge is 2.17. The van der Waals surface area contributed by atoms with Gasteiger partial charge in [0.05, 0.1) is 18.2 Å². The number of rotatable bonds is 5. The Morgan fingerprint density at radius 3 is 2.74 bits per heavy atom. The van der Waals surface area contributed by atoms with Crippen molar-refractivity contribution in [1.29, 1.82) is 0 Å². The first-order valence-corrected chi connectivity index (χ1v) is 8.43. The van der Waals surface area contributed by atoms with Crippen molar-refractivity contribution in [2.24, 2.45) is 7.05 Å². The number of aromatic nitrogens is 5. The van der Waals surface area contributed by atoms with E-state index in [4.69, 9.17) is 15.5 Å². The molecule has 0 unspecified atom stereocenters. The molecule has 0 bridgehead atoms. The van der Waals surface area contributed by atoms with Gasteiger partial charge in [0.15, 0.2) is 5.65 Å². The molecule has 1 aromatic carbocycles. The van der Waals surface area contributed by atoms with Crippen molar-refractivity contribution in [2.45, 2.75) is 6.54 Å². The van der Waals surface area contributed by atoms with Crippen LogP contribution >= 0.6 is 0 Å². The summed E-state index contributed by atoms with van der Waals surface area (Å²) < 4.78 is 6.95. The highest BCUT2D eigenvalue weighted by molar-refractivity contribution is 5.99. The van der Waals surface area contributed by atoms with Gasteiger partial charge in [-0.3, -0.25) is 9.67 Å². The first-order chi connectivity index (χ1) is 13.2. The van der Waals surface area contributed by atoms with Crippen LogP contribution in [0.25, 0.3) is 22.3 Å². The molecule has 0 fully saturated rings.